The highest BCUT2D eigenvalue weighted by atomic mass is 35.5. The first kappa shape index (κ1) is 12.1. The Kier molecular flexibility index (Phi) is 3.77. The van der Waals surface area contributed by atoms with Gasteiger partial charge in [0.1, 0.15) is 0 Å². The van der Waals surface area contributed by atoms with E-state index < -0.39 is 6.10 Å². The number of hydrogen-bond donors (Lipinski definition) is 1. The van der Waals surface area contributed by atoms with E-state index in [-0.39, 0.29) is 0 Å². The first-order valence-electron chi connectivity index (χ1n) is 5.50. The Labute approximate surface area is 106 Å². The maximum absolute atomic E-state index is 10.2. The summed E-state index contributed by atoms with van der Waals surface area (Å²) in [5.74, 6) is 0. The van der Waals surface area contributed by atoms with Crippen molar-refractivity contribution in [3.05, 3.63) is 64.4 Å². The van der Waals surface area contributed by atoms with E-state index in [1.807, 2.05) is 37.3 Å². The molecular weight excluding hydrogens is 234 g/mol. The third kappa shape index (κ3) is 2.84. The lowest BCUT2D eigenvalue weighted by Gasteiger charge is -2.14. The summed E-state index contributed by atoms with van der Waals surface area (Å²) in [6.07, 6.45) is 3.42. The minimum Gasteiger partial charge on any atom is -0.388 e. The average Bonchev–Trinajstić information content (AvgIpc) is 2.32. The molecule has 17 heavy (non-hydrogen) atoms. The standard InChI is InChI=1S/C14H14ClNO/c1-10-9-16-7-6-12(10)14(17)8-11-4-2-3-5-13(11)15/h2-7,9,14,17H,8H2,1H3. The van der Waals surface area contributed by atoms with E-state index in [4.69, 9.17) is 11.6 Å². The fourth-order valence-corrected chi connectivity index (χ4v) is 2.05. The first-order chi connectivity index (χ1) is 8.18. The van der Waals surface area contributed by atoms with Gasteiger partial charge in [0.05, 0.1) is 6.10 Å². The SMILES string of the molecule is Cc1cnccc1C(O)Cc1ccccc1Cl. The summed E-state index contributed by atoms with van der Waals surface area (Å²) in [7, 11) is 0. The second-order valence-electron chi connectivity index (χ2n) is 4.04. The van der Waals surface area contributed by atoms with Gasteiger partial charge in [0.15, 0.2) is 0 Å². The largest absolute Gasteiger partial charge is 0.388 e. The van der Waals surface area contributed by atoms with Crippen LogP contribution in [0.25, 0.3) is 0 Å². The molecule has 1 unspecified atom stereocenters. The van der Waals surface area contributed by atoms with E-state index in [1.165, 1.54) is 0 Å². The van der Waals surface area contributed by atoms with Gasteiger partial charge in [-0.2, -0.15) is 0 Å². The molecule has 0 saturated carbocycles. The van der Waals surface area contributed by atoms with Crippen molar-refractivity contribution in [2.75, 3.05) is 0 Å². The minimum atomic E-state index is -0.544. The molecule has 1 aromatic carbocycles. The van der Waals surface area contributed by atoms with Crippen LogP contribution >= 0.6 is 11.6 Å². The van der Waals surface area contributed by atoms with Crippen LogP contribution in [-0.4, -0.2) is 10.1 Å². The molecular formula is C14H14ClNO. The molecule has 2 rings (SSSR count). The highest BCUT2D eigenvalue weighted by Crippen LogP contribution is 2.24. The van der Waals surface area contributed by atoms with Crippen LogP contribution in [0.3, 0.4) is 0 Å². The fourth-order valence-electron chi connectivity index (χ4n) is 1.84. The van der Waals surface area contributed by atoms with Crippen molar-refractivity contribution >= 4 is 11.6 Å². The third-order valence-corrected chi connectivity index (χ3v) is 3.16. The van der Waals surface area contributed by atoms with Gasteiger partial charge < -0.3 is 5.11 Å². The zero-order chi connectivity index (χ0) is 12.3. The predicted molar refractivity (Wildman–Crippen MR) is 69.1 cm³/mol. The van der Waals surface area contributed by atoms with Gasteiger partial charge in [0, 0.05) is 23.8 Å². The van der Waals surface area contributed by atoms with E-state index in [2.05, 4.69) is 4.98 Å². The number of aryl methyl sites for hydroxylation is 1. The number of benzene rings is 1. The summed E-state index contributed by atoms with van der Waals surface area (Å²) < 4.78 is 0. The Bertz CT molecular complexity index is 513. The molecule has 0 spiro atoms. The average molecular weight is 248 g/mol. The zero-order valence-corrected chi connectivity index (χ0v) is 10.4. The second-order valence-corrected chi connectivity index (χ2v) is 4.45. The number of halogens is 1. The highest BCUT2D eigenvalue weighted by molar-refractivity contribution is 6.31. The van der Waals surface area contributed by atoms with Gasteiger partial charge in [-0.1, -0.05) is 29.8 Å². The number of pyridine rings is 1. The number of rotatable bonds is 3. The van der Waals surface area contributed by atoms with Crippen LogP contribution in [-0.2, 0) is 6.42 Å². The van der Waals surface area contributed by atoms with E-state index >= 15 is 0 Å². The Hall–Kier alpha value is -1.38. The fraction of sp³-hybridized carbons (Fsp3) is 0.214. The monoisotopic (exact) mass is 247 g/mol. The molecule has 0 aliphatic rings. The van der Waals surface area contributed by atoms with Crippen molar-refractivity contribution in [2.45, 2.75) is 19.4 Å². The van der Waals surface area contributed by atoms with E-state index in [0.29, 0.717) is 11.4 Å². The molecule has 0 fully saturated rings. The first-order valence-corrected chi connectivity index (χ1v) is 5.88. The maximum Gasteiger partial charge on any atom is 0.0834 e. The normalized spacial score (nSPS) is 12.4. The van der Waals surface area contributed by atoms with Crippen LogP contribution in [0.4, 0.5) is 0 Å². The summed E-state index contributed by atoms with van der Waals surface area (Å²) in [5.41, 5.74) is 2.85. The molecule has 0 bridgehead atoms. The highest BCUT2D eigenvalue weighted by Gasteiger charge is 2.12. The summed E-state index contributed by atoms with van der Waals surface area (Å²) in [6, 6.07) is 9.42. The zero-order valence-electron chi connectivity index (χ0n) is 9.60. The van der Waals surface area contributed by atoms with Gasteiger partial charge in [0.2, 0.25) is 0 Å². The summed E-state index contributed by atoms with van der Waals surface area (Å²) in [5, 5.41) is 10.9. The van der Waals surface area contributed by atoms with Crippen LogP contribution in [0, 0.1) is 6.92 Å². The van der Waals surface area contributed by atoms with Gasteiger partial charge in [0.25, 0.3) is 0 Å². The van der Waals surface area contributed by atoms with Gasteiger partial charge in [-0.3, -0.25) is 4.98 Å². The Balaban J connectivity index is 2.20. The maximum atomic E-state index is 10.2. The Morgan fingerprint density at radius 2 is 2.06 bits per heavy atom. The molecule has 1 atom stereocenters. The smallest absolute Gasteiger partial charge is 0.0834 e. The van der Waals surface area contributed by atoms with Gasteiger partial charge in [-0.05, 0) is 35.7 Å². The van der Waals surface area contributed by atoms with Crippen LogP contribution in [0.5, 0.6) is 0 Å². The van der Waals surface area contributed by atoms with E-state index in [9.17, 15) is 5.11 Å². The molecule has 3 heteroatoms. The molecule has 2 aromatic rings. The molecule has 88 valence electrons. The van der Waals surface area contributed by atoms with Crippen LogP contribution < -0.4 is 0 Å². The third-order valence-electron chi connectivity index (χ3n) is 2.79. The van der Waals surface area contributed by atoms with E-state index in [1.54, 1.807) is 12.4 Å². The number of hydrogen-bond acceptors (Lipinski definition) is 2. The molecule has 1 aromatic heterocycles. The van der Waals surface area contributed by atoms with Gasteiger partial charge in [-0.15, -0.1) is 0 Å². The number of aliphatic hydroxyl groups excluding tert-OH is 1. The Morgan fingerprint density at radius 3 is 2.76 bits per heavy atom. The number of aliphatic hydroxyl groups is 1. The molecule has 1 N–H and O–H groups in total. The van der Waals surface area contributed by atoms with Crippen LogP contribution in [0.1, 0.15) is 22.8 Å². The topological polar surface area (TPSA) is 33.1 Å². The van der Waals surface area contributed by atoms with Gasteiger partial charge >= 0.3 is 0 Å². The Morgan fingerprint density at radius 1 is 1.29 bits per heavy atom. The molecule has 0 amide bonds. The van der Waals surface area contributed by atoms with Crippen molar-refractivity contribution in [1.82, 2.24) is 4.98 Å². The molecule has 0 radical (unpaired) electrons. The van der Waals surface area contributed by atoms with Crippen molar-refractivity contribution in [3.63, 3.8) is 0 Å². The molecule has 0 saturated heterocycles. The number of aromatic nitrogens is 1. The van der Waals surface area contributed by atoms with Crippen LogP contribution in [0.15, 0.2) is 42.7 Å². The molecule has 0 aliphatic heterocycles. The number of nitrogens with zero attached hydrogens (tertiary/aromatic N) is 1. The second kappa shape index (κ2) is 5.30. The summed E-state index contributed by atoms with van der Waals surface area (Å²) in [6.45, 7) is 1.94. The lowest BCUT2D eigenvalue weighted by atomic mass is 9.99. The molecule has 1 heterocycles. The summed E-state index contributed by atoms with van der Waals surface area (Å²) >= 11 is 6.07. The molecule has 0 aliphatic carbocycles. The van der Waals surface area contributed by atoms with Gasteiger partial charge in [-0.25, -0.2) is 0 Å². The minimum absolute atomic E-state index is 0.518. The quantitative estimate of drug-likeness (QED) is 0.903. The lowest BCUT2D eigenvalue weighted by molar-refractivity contribution is 0.177. The van der Waals surface area contributed by atoms with Crippen molar-refractivity contribution in [2.24, 2.45) is 0 Å². The van der Waals surface area contributed by atoms with E-state index in [0.717, 1.165) is 16.7 Å². The predicted octanol–water partition coefficient (Wildman–Crippen LogP) is 3.32. The van der Waals surface area contributed by atoms with Crippen LogP contribution in [0.2, 0.25) is 5.02 Å². The van der Waals surface area contributed by atoms with Crippen molar-refractivity contribution in [3.8, 4) is 0 Å². The summed E-state index contributed by atoms with van der Waals surface area (Å²) in [4.78, 5) is 4.01. The van der Waals surface area contributed by atoms with Crippen molar-refractivity contribution in [1.29, 1.82) is 0 Å². The van der Waals surface area contributed by atoms with Crippen molar-refractivity contribution < 1.29 is 5.11 Å². The lowest BCUT2D eigenvalue weighted by Crippen LogP contribution is -2.04. The molecule has 2 nitrogen and oxygen atoms in total.